The summed E-state index contributed by atoms with van der Waals surface area (Å²) in [6.07, 6.45) is -0.531. The highest BCUT2D eigenvalue weighted by Gasteiger charge is 2.06. The number of carboxylic acids is 1. The van der Waals surface area contributed by atoms with Crippen LogP contribution < -0.4 is 5.32 Å². The Morgan fingerprint density at radius 1 is 1.31 bits per heavy atom. The molecule has 0 spiro atoms. The number of hydrogen-bond acceptors (Lipinski definition) is 3. The third-order valence-electron chi connectivity index (χ3n) is 1.88. The van der Waals surface area contributed by atoms with Crippen LogP contribution >= 0.6 is 0 Å². The second-order valence-corrected chi connectivity index (χ2v) is 3.16. The number of nitriles is 1. The molecule has 1 aromatic carbocycles. The van der Waals surface area contributed by atoms with Crippen LogP contribution in [-0.2, 0) is 16.1 Å². The van der Waals surface area contributed by atoms with Crippen molar-refractivity contribution in [3.63, 3.8) is 0 Å². The first-order valence-corrected chi connectivity index (χ1v) is 4.59. The quantitative estimate of drug-likeness (QED) is 0.726. The topological polar surface area (TPSA) is 90.2 Å². The Morgan fingerprint density at radius 3 is 2.44 bits per heavy atom. The van der Waals surface area contributed by atoms with Gasteiger partial charge in [0.15, 0.2) is 0 Å². The molecule has 0 unspecified atom stereocenters. The molecule has 0 bridgehead atoms. The fraction of sp³-hybridized carbons (Fsp3) is 0.182. The number of nitrogens with zero attached hydrogens (tertiary/aromatic N) is 1. The molecule has 0 aliphatic heterocycles. The van der Waals surface area contributed by atoms with Crippen molar-refractivity contribution in [2.24, 2.45) is 0 Å². The molecule has 0 aromatic heterocycles. The lowest BCUT2D eigenvalue weighted by atomic mass is 10.1. The van der Waals surface area contributed by atoms with E-state index in [9.17, 15) is 9.59 Å². The average molecular weight is 218 g/mol. The molecule has 0 aliphatic carbocycles. The summed E-state index contributed by atoms with van der Waals surface area (Å²) in [6, 6.07) is 8.67. The normalized spacial score (nSPS) is 9.19. The Kier molecular flexibility index (Phi) is 4.04. The van der Waals surface area contributed by atoms with Gasteiger partial charge in [0, 0.05) is 6.54 Å². The predicted octanol–water partition coefficient (Wildman–Crippen LogP) is 0.649. The Labute approximate surface area is 92.3 Å². The van der Waals surface area contributed by atoms with Crippen LogP contribution in [0.1, 0.15) is 17.5 Å². The van der Waals surface area contributed by atoms with E-state index in [-0.39, 0.29) is 6.54 Å². The molecule has 2 N–H and O–H groups in total. The van der Waals surface area contributed by atoms with Crippen LogP contribution in [0.15, 0.2) is 24.3 Å². The van der Waals surface area contributed by atoms with Crippen molar-refractivity contribution in [1.82, 2.24) is 5.32 Å². The van der Waals surface area contributed by atoms with E-state index in [4.69, 9.17) is 10.4 Å². The van der Waals surface area contributed by atoms with Crippen LogP contribution in [0.2, 0.25) is 0 Å². The van der Waals surface area contributed by atoms with Crippen LogP contribution in [-0.4, -0.2) is 17.0 Å². The molecule has 1 rings (SSSR count). The van der Waals surface area contributed by atoms with E-state index in [1.54, 1.807) is 24.3 Å². The largest absolute Gasteiger partial charge is 0.481 e. The van der Waals surface area contributed by atoms with Crippen molar-refractivity contribution in [3.8, 4) is 6.07 Å². The molecule has 1 amide bonds. The molecule has 0 saturated heterocycles. The molecule has 0 fully saturated rings. The van der Waals surface area contributed by atoms with Crippen LogP contribution in [0.4, 0.5) is 0 Å². The molecular weight excluding hydrogens is 208 g/mol. The van der Waals surface area contributed by atoms with Crippen LogP contribution in [0, 0.1) is 11.3 Å². The third kappa shape index (κ3) is 3.80. The van der Waals surface area contributed by atoms with Crippen molar-refractivity contribution >= 4 is 11.9 Å². The highest BCUT2D eigenvalue weighted by Crippen LogP contribution is 2.02. The summed E-state index contributed by atoms with van der Waals surface area (Å²) in [5, 5.41) is 19.4. The second kappa shape index (κ2) is 5.51. The lowest BCUT2D eigenvalue weighted by molar-refractivity contribution is -0.140. The van der Waals surface area contributed by atoms with Crippen molar-refractivity contribution in [2.45, 2.75) is 13.0 Å². The standard InChI is InChI=1S/C11H10N2O3/c12-6-8-1-3-9(4-2-8)7-13-10(14)5-11(15)16/h1-4H,5,7H2,(H,13,14)(H,15,16). The summed E-state index contributed by atoms with van der Waals surface area (Å²) >= 11 is 0. The zero-order valence-corrected chi connectivity index (χ0v) is 8.43. The van der Waals surface area contributed by atoms with Gasteiger partial charge in [-0.2, -0.15) is 5.26 Å². The van der Waals surface area contributed by atoms with E-state index in [0.29, 0.717) is 5.56 Å². The number of rotatable bonds is 4. The van der Waals surface area contributed by atoms with E-state index in [2.05, 4.69) is 5.32 Å². The molecule has 0 aliphatic rings. The van der Waals surface area contributed by atoms with Crippen LogP contribution in [0.5, 0.6) is 0 Å². The number of aliphatic carboxylic acids is 1. The number of carboxylic acid groups (broad SMARTS) is 1. The summed E-state index contributed by atoms with van der Waals surface area (Å²) in [5.74, 6) is -1.69. The van der Waals surface area contributed by atoms with E-state index < -0.39 is 18.3 Å². The second-order valence-electron chi connectivity index (χ2n) is 3.16. The lowest BCUT2D eigenvalue weighted by Crippen LogP contribution is -2.24. The minimum Gasteiger partial charge on any atom is -0.481 e. The molecule has 0 radical (unpaired) electrons. The van der Waals surface area contributed by atoms with Gasteiger partial charge in [0.05, 0.1) is 11.6 Å². The number of hydrogen-bond donors (Lipinski definition) is 2. The molecule has 16 heavy (non-hydrogen) atoms. The molecule has 0 atom stereocenters. The summed E-state index contributed by atoms with van der Waals surface area (Å²) in [4.78, 5) is 21.2. The summed E-state index contributed by atoms with van der Waals surface area (Å²) < 4.78 is 0. The van der Waals surface area contributed by atoms with Gasteiger partial charge in [-0.1, -0.05) is 12.1 Å². The van der Waals surface area contributed by atoms with Gasteiger partial charge in [-0.25, -0.2) is 0 Å². The van der Waals surface area contributed by atoms with Crippen LogP contribution in [0.3, 0.4) is 0 Å². The van der Waals surface area contributed by atoms with Gasteiger partial charge in [-0.3, -0.25) is 9.59 Å². The Hall–Kier alpha value is -2.35. The number of carbonyl (C=O) groups excluding carboxylic acids is 1. The van der Waals surface area contributed by atoms with Crippen molar-refractivity contribution < 1.29 is 14.7 Å². The molecule has 5 heteroatoms. The molecule has 0 saturated carbocycles. The maximum atomic E-state index is 11.0. The van der Waals surface area contributed by atoms with Crippen molar-refractivity contribution in [2.75, 3.05) is 0 Å². The fourth-order valence-electron chi connectivity index (χ4n) is 1.10. The summed E-state index contributed by atoms with van der Waals surface area (Å²) in [7, 11) is 0. The predicted molar refractivity (Wildman–Crippen MR) is 55.3 cm³/mol. The molecule has 5 nitrogen and oxygen atoms in total. The van der Waals surface area contributed by atoms with Gasteiger partial charge in [-0.15, -0.1) is 0 Å². The van der Waals surface area contributed by atoms with E-state index in [1.165, 1.54) is 0 Å². The summed E-state index contributed by atoms with van der Waals surface area (Å²) in [5.41, 5.74) is 1.36. The highest BCUT2D eigenvalue weighted by molar-refractivity contribution is 5.93. The SMILES string of the molecule is N#Cc1ccc(CNC(=O)CC(=O)O)cc1. The van der Waals surface area contributed by atoms with Gasteiger partial charge in [0.1, 0.15) is 6.42 Å². The Morgan fingerprint density at radius 2 is 1.94 bits per heavy atom. The maximum absolute atomic E-state index is 11.0. The average Bonchev–Trinajstić information content (AvgIpc) is 2.26. The van der Waals surface area contributed by atoms with E-state index >= 15 is 0 Å². The fourth-order valence-corrected chi connectivity index (χ4v) is 1.10. The number of carbonyl (C=O) groups is 2. The Bertz CT molecular complexity index is 432. The molecule has 1 aromatic rings. The molecule has 82 valence electrons. The first kappa shape index (κ1) is 11.7. The monoisotopic (exact) mass is 218 g/mol. The maximum Gasteiger partial charge on any atom is 0.312 e. The van der Waals surface area contributed by atoms with Gasteiger partial charge >= 0.3 is 5.97 Å². The lowest BCUT2D eigenvalue weighted by Gasteiger charge is -2.03. The number of nitrogens with one attached hydrogen (secondary N) is 1. The zero-order chi connectivity index (χ0) is 12.0. The van der Waals surface area contributed by atoms with Gasteiger partial charge in [0.25, 0.3) is 0 Å². The van der Waals surface area contributed by atoms with Crippen molar-refractivity contribution in [3.05, 3.63) is 35.4 Å². The number of amides is 1. The zero-order valence-electron chi connectivity index (χ0n) is 8.43. The molecular formula is C11H10N2O3. The first-order chi connectivity index (χ1) is 7.61. The van der Waals surface area contributed by atoms with Crippen molar-refractivity contribution in [1.29, 1.82) is 5.26 Å². The summed E-state index contributed by atoms with van der Waals surface area (Å²) in [6.45, 7) is 0.262. The minimum atomic E-state index is -1.16. The first-order valence-electron chi connectivity index (χ1n) is 4.59. The van der Waals surface area contributed by atoms with E-state index in [1.807, 2.05) is 6.07 Å². The van der Waals surface area contributed by atoms with Gasteiger partial charge in [0.2, 0.25) is 5.91 Å². The van der Waals surface area contributed by atoms with E-state index in [0.717, 1.165) is 5.56 Å². The van der Waals surface area contributed by atoms with Crippen LogP contribution in [0.25, 0.3) is 0 Å². The Balaban J connectivity index is 2.46. The van der Waals surface area contributed by atoms with Gasteiger partial charge in [-0.05, 0) is 17.7 Å². The van der Waals surface area contributed by atoms with Gasteiger partial charge < -0.3 is 10.4 Å². The third-order valence-corrected chi connectivity index (χ3v) is 1.88. The molecule has 0 heterocycles. The minimum absolute atomic E-state index is 0.262. The highest BCUT2D eigenvalue weighted by atomic mass is 16.4. The smallest absolute Gasteiger partial charge is 0.312 e. The number of benzene rings is 1.